The first-order chi connectivity index (χ1) is 15.1. The molecule has 1 aromatic heterocycles. The number of dihydropyridines is 1. The number of phenols is 1. The number of aromatic hydroxyl groups is 1. The van der Waals surface area contributed by atoms with Crippen LogP contribution in [-0.2, 0) is 27.9 Å². The van der Waals surface area contributed by atoms with Gasteiger partial charge in [0.25, 0.3) is 0 Å². The van der Waals surface area contributed by atoms with E-state index in [0.29, 0.717) is 29.8 Å². The lowest BCUT2D eigenvalue weighted by molar-refractivity contribution is -0.671. The fraction of sp³-hybridized carbons (Fsp3) is 0.400. The zero-order valence-electron chi connectivity index (χ0n) is 19.0. The van der Waals surface area contributed by atoms with Crippen molar-refractivity contribution in [1.82, 2.24) is 9.88 Å². The fourth-order valence-corrected chi connectivity index (χ4v) is 4.66. The van der Waals surface area contributed by atoms with Crippen molar-refractivity contribution in [3.05, 3.63) is 71.1 Å². The number of hydrogen-bond acceptors (Lipinski definition) is 5. The largest absolute Gasteiger partial charge is 0.508 e. The van der Waals surface area contributed by atoms with Crippen LogP contribution in [0.5, 0.6) is 5.75 Å². The number of rotatable bonds is 5. The van der Waals surface area contributed by atoms with Crippen LogP contribution in [-0.4, -0.2) is 28.0 Å². The molecule has 2 N–H and O–H groups in total. The van der Waals surface area contributed by atoms with Gasteiger partial charge in [-0.1, -0.05) is 26.0 Å². The maximum Gasteiger partial charge on any atom is 0.336 e. The highest BCUT2D eigenvalue weighted by atomic mass is 16.5. The Morgan fingerprint density at radius 2 is 2.00 bits per heavy atom. The molecule has 1 aliphatic heterocycles. The number of imidazole rings is 1. The average Bonchev–Trinajstić information content (AvgIpc) is 3.11. The lowest BCUT2D eigenvalue weighted by Gasteiger charge is -2.39. The smallest absolute Gasteiger partial charge is 0.336 e. The summed E-state index contributed by atoms with van der Waals surface area (Å²) in [7, 11) is 1.93. The Kier molecular flexibility index (Phi) is 5.67. The van der Waals surface area contributed by atoms with Gasteiger partial charge in [-0.15, -0.1) is 0 Å². The van der Waals surface area contributed by atoms with Crippen molar-refractivity contribution >= 4 is 11.8 Å². The molecule has 2 aromatic rings. The van der Waals surface area contributed by atoms with Crippen LogP contribution in [0.3, 0.4) is 0 Å². The van der Waals surface area contributed by atoms with Crippen LogP contribution in [0.25, 0.3) is 0 Å². The van der Waals surface area contributed by atoms with E-state index in [1.165, 1.54) is 0 Å². The first-order valence-corrected chi connectivity index (χ1v) is 10.9. The highest BCUT2D eigenvalue weighted by molar-refractivity contribution is 6.04. The van der Waals surface area contributed by atoms with Crippen molar-refractivity contribution in [2.45, 2.75) is 46.1 Å². The molecule has 0 saturated heterocycles. The third kappa shape index (κ3) is 4.33. The van der Waals surface area contributed by atoms with Gasteiger partial charge in [0.15, 0.2) is 5.78 Å². The molecule has 32 heavy (non-hydrogen) atoms. The van der Waals surface area contributed by atoms with E-state index < -0.39 is 11.9 Å². The summed E-state index contributed by atoms with van der Waals surface area (Å²) >= 11 is 0. The minimum Gasteiger partial charge on any atom is -0.508 e. The Morgan fingerprint density at radius 1 is 1.28 bits per heavy atom. The predicted octanol–water partition coefficient (Wildman–Crippen LogP) is 2.87. The Hall–Kier alpha value is -3.35. The normalized spacial score (nSPS) is 20.1. The number of allylic oxidation sites excluding steroid dienone is 3. The third-order valence-electron chi connectivity index (χ3n) is 6.09. The average molecular weight is 437 g/mol. The highest BCUT2D eigenvalue weighted by Crippen LogP contribution is 2.46. The number of carbonyl (C=O) groups excluding carboxylic acids is 2. The second kappa shape index (κ2) is 8.30. The number of Topliss-reactive ketones (excluding diaryl/α,β-unsaturated/α-hetero) is 1. The molecule has 1 atom stereocenters. The first kappa shape index (κ1) is 21.9. The zero-order chi connectivity index (χ0) is 23.0. The van der Waals surface area contributed by atoms with Gasteiger partial charge in [0.1, 0.15) is 31.3 Å². The molecule has 0 saturated carbocycles. The van der Waals surface area contributed by atoms with Crippen molar-refractivity contribution in [2.24, 2.45) is 12.5 Å². The summed E-state index contributed by atoms with van der Waals surface area (Å²) in [5, 5.41) is 13.1. The number of nitrogens with one attached hydrogen (secondary N) is 1. The molecule has 1 aromatic carbocycles. The van der Waals surface area contributed by atoms with Crippen LogP contribution in [0.15, 0.2) is 65.5 Å². The van der Waals surface area contributed by atoms with Crippen LogP contribution in [0.4, 0.5) is 0 Å². The summed E-state index contributed by atoms with van der Waals surface area (Å²) in [5.74, 6) is -0.779. The second-order valence-corrected chi connectivity index (χ2v) is 9.47. The molecule has 7 nitrogen and oxygen atoms in total. The van der Waals surface area contributed by atoms with Gasteiger partial charge in [0, 0.05) is 29.3 Å². The molecular formula is C25H30N3O4+. The number of esters is 1. The maximum atomic E-state index is 13.2. The van der Waals surface area contributed by atoms with Gasteiger partial charge < -0.3 is 15.2 Å². The predicted molar refractivity (Wildman–Crippen MR) is 118 cm³/mol. The zero-order valence-corrected chi connectivity index (χ0v) is 19.0. The Morgan fingerprint density at radius 3 is 2.66 bits per heavy atom. The molecule has 0 radical (unpaired) electrons. The topological polar surface area (TPSA) is 84.4 Å². The maximum absolute atomic E-state index is 13.2. The van der Waals surface area contributed by atoms with Gasteiger partial charge in [-0.3, -0.25) is 4.79 Å². The third-order valence-corrected chi connectivity index (χ3v) is 6.09. The summed E-state index contributed by atoms with van der Waals surface area (Å²) in [6.45, 7) is 6.77. The SMILES string of the molecule is CC1=C(C(=O)OCCn2cc[n+](C)c2)C(c2ccc(O)cc2)C2=C(CC(C)(C)CC2=O)N1. The van der Waals surface area contributed by atoms with Crippen LogP contribution >= 0.6 is 0 Å². The molecule has 7 heteroatoms. The molecule has 4 rings (SSSR count). The lowest BCUT2D eigenvalue weighted by atomic mass is 9.68. The fourth-order valence-electron chi connectivity index (χ4n) is 4.66. The molecule has 2 aliphatic rings. The number of aryl methyl sites for hydroxylation is 1. The molecule has 2 heterocycles. The van der Waals surface area contributed by atoms with E-state index in [1.807, 2.05) is 41.8 Å². The van der Waals surface area contributed by atoms with Crippen molar-refractivity contribution in [3.8, 4) is 5.75 Å². The highest BCUT2D eigenvalue weighted by Gasteiger charge is 2.43. The number of ketones is 1. The Bertz CT molecular complexity index is 1120. The van der Waals surface area contributed by atoms with E-state index in [-0.39, 0.29) is 23.6 Å². The number of benzene rings is 1. The number of ether oxygens (including phenoxy) is 1. The Balaban J connectivity index is 1.65. The monoisotopic (exact) mass is 436 g/mol. The van der Waals surface area contributed by atoms with Gasteiger partial charge in [0.05, 0.1) is 12.6 Å². The summed E-state index contributed by atoms with van der Waals surface area (Å²) in [6, 6.07) is 6.70. The minimum atomic E-state index is -0.521. The van der Waals surface area contributed by atoms with E-state index >= 15 is 0 Å². The van der Waals surface area contributed by atoms with Crippen LogP contribution < -0.4 is 9.88 Å². The summed E-state index contributed by atoms with van der Waals surface area (Å²) in [4.78, 5) is 26.5. The van der Waals surface area contributed by atoms with Crippen LogP contribution in [0.2, 0.25) is 0 Å². The number of hydrogen-bond donors (Lipinski definition) is 2. The van der Waals surface area contributed by atoms with E-state index in [2.05, 4.69) is 19.2 Å². The number of phenolic OH excluding ortho intramolecular Hbond substituents is 1. The summed E-state index contributed by atoms with van der Waals surface area (Å²) in [6.07, 6.45) is 6.91. The van der Waals surface area contributed by atoms with Gasteiger partial charge in [-0.05, 0) is 36.5 Å². The van der Waals surface area contributed by atoms with E-state index in [9.17, 15) is 14.7 Å². The van der Waals surface area contributed by atoms with Gasteiger partial charge in [-0.2, -0.15) is 0 Å². The van der Waals surface area contributed by atoms with Crippen LogP contribution in [0.1, 0.15) is 45.1 Å². The molecule has 0 spiro atoms. The summed E-state index contributed by atoms with van der Waals surface area (Å²) < 4.78 is 9.51. The second-order valence-electron chi connectivity index (χ2n) is 9.47. The van der Waals surface area contributed by atoms with Crippen LogP contribution in [0, 0.1) is 5.41 Å². The van der Waals surface area contributed by atoms with Gasteiger partial charge in [0.2, 0.25) is 6.33 Å². The number of carbonyl (C=O) groups is 2. The molecular weight excluding hydrogens is 406 g/mol. The van der Waals surface area contributed by atoms with E-state index in [4.69, 9.17) is 4.74 Å². The quantitative estimate of drug-likeness (QED) is 0.556. The molecule has 1 aliphatic carbocycles. The van der Waals surface area contributed by atoms with Gasteiger partial charge >= 0.3 is 5.97 Å². The molecule has 0 bridgehead atoms. The molecule has 168 valence electrons. The number of aromatic nitrogens is 2. The van der Waals surface area contributed by atoms with Crippen molar-refractivity contribution < 1.29 is 24.0 Å². The van der Waals surface area contributed by atoms with Gasteiger partial charge in [-0.25, -0.2) is 13.9 Å². The lowest BCUT2D eigenvalue weighted by Crippen LogP contribution is -2.38. The minimum absolute atomic E-state index is 0.0412. The molecule has 0 fully saturated rings. The molecule has 1 unspecified atom stereocenters. The van der Waals surface area contributed by atoms with E-state index in [0.717, 1.165) is 17.7 Å². The van der Waals surface area contributed by atoms with E-state index in [1.54, 1.807) is 24.3 Å². The standard InChI is InChI=1S/C25H29N3O4/c1-16-21(24(31)32-12-11-28-10-9-27(4)15-28)22(17-5-7-18(29)8-6-17)23-19(26-16)13-25(2,3)14-20(23)30/h5-10,15,22H,11-14H2,1-4H3,(H-,26,29,30,31)/p+1. The van der Waals surface area contributed by atoms with Crippen molar-refractivity contribution in [1.29, 1.82) is 0 Å². The molecule has 0 amide bonds. The first-order valence-electron chi connectivity index (χ1n) is 10.9. The Labute approximate surface area is 188 Å². The summed E-state index contributed by atoms with van der Waals surface area (Å²) in [5.41, 5.74) is 3.29. The number of nitrogens with zero attached hydrogens (tertiary/aromatic N) is 2. The van der Waals surface area contributed by atoms with Crippen molar-refractivity contribution in [2.75, 3.05) is 6.61 Å². The van der Waals surface area contributed by atoms with Crippen molar-refractivity contribution in [3.63, 3.8) is 0 Å².